The SMILES string of the molecule is COC(CC(C)C)=C(C#N)C#N. The van der Waals surface area contributed by atoms with Crippen LogP contribution in [0.1, 0.15) is 20.3 Å². The van der Waals surface area contributed by atoms with Gasteiger partial charge in [-0.2, -0.15) is 10.5 Å². The summed E-state index contributed by atoms with van der Waals surface area (Å²) in [6.45, 7) is 4.01. The van der Waals surface area contributed by atoms with E-state index < -0.39 is 0 Å². The molecule has 64 valence electrons. The van der Waals surface area contributed by atoms with Gasteiger partial charge in [-0.05, 0) is 5.92 Å². The molecule has 12 heavy (non-hydrogen) atoms. The van der Waals surface area contributed by atoms with Crippen LogP contribution in [0.5, 0.6) is 0 Å². The molecule has 0 radical (unpaired) electrons. The molecule has 0 saturated carbocycles. The van der Waals surface area contributed by atoms with Crippen LogP contribution in [0.3, 0.4) is 0 Å². The van der Waals surface area contributed by atoms with Crippen molar-refractivity contribution in [3.05, 3.63) is 11.3 Å². The van der Waals surface area contributed by atoms with Crippen molar-refractivity contribution < 1.29 is 4.74 Å². The maximum atomic E-state index is 8.53. The number of rotatable bonds is 3. The first-order valence-electron chi connectivity index (χ1n) is 3.73. The third kappa shape index (κ3) is 3.07. The molecule has 0 aromatic rings. The molecular weight excluding hydrogens is 152 g/mol. The second kappa shape index (κ2) is 5.21. The highest BCUT2D eigenvalue weighted by molar-refractivity contribution is 5.37. The minimum Gasteiger partial charge on any atom is -0.499 e. The van der Waals surface area contributed by atoms with Crippen LogP contribution >= 0.6 is 0 Å². The molecule has 0 bridgehead atoms. The van der Waals surface area contributed by atoms with Crippen molar-refractivity contribution in [1.29, 1.82) is 10.5 Å². The highest BCUT2D eigenvalue weighted by atomic mass is 16.5. The molecule has 3 nitrogen and oxygen atoms in total. The Morgan fingerprint density at radius 3 is 2.08 bits per heavy atom. The zero-order valence-corrected chi connectivity index (χ0v) is 7.59. The lowest BCUT2D eigenvalue weighted by Gasteiger charge is -2.07. The Labute approximate surface area is 72.9 Å². The fraction of sp³-hybridized carbons (Fsp3) is 0.556. The van der Waals surface area contributed by atoms with E-state index in [1.165, 1.54) is 7.11 Å². The summed E-state index contributed by atoms with van der Waals surface area (Å²) in [4.78, 5) is 0. The topological polar surface area (TPSA) is 56.8 Å². The van der Waals surface area contributed by atoms with Gasteiger partial charge in [0.2, 0.25) is 0 Å². The lowest BCUT2D eigenvalue weighted by molar-refractivity contribution is 0.263. The van der Waals surface area contributed by atoms with Crippen LogP contribution in [0, 0.1) is 28.6 Å². The molecule has 0 atom stereocenters. The molecule has 0 fully saturated rings. The third-order valence-electron chi connectivity index (χ3n) is 1.34. The number of nitriles is 2. The molecule has 0 aliphatic carbocycles. The van der Waals surface area contributed by atoms with Crippen molar-refractivity contribution in [2.45, 2.75) is 20.3 Å². The standard InChI is InChI=1S/C9H12N2O/c1-7(2)4-9(12-3)8(5-10)6-11/h7H,4H2,1-3H3. The maximum absolute atomic E-state index is 8.53. The van der Waals surface area contributed by atoms with Gasteiger partial charge < -0.3 is 4.74 Å². The number of hydrogen-bond donors (Lipinski definition) is 0. The van der Waals surface area contributed by atoms with E-state index in [1.54, 1.807) is 12.1 Å². The van der Waals surface area contributed by atoms with Crippen LogP contribution < -0.4 is 0 Å². The van der Waals surface area contributed by atoms with Gasteiger partial charge in [0.25, 0.3) is 0 Å². The molecule has 0 heterocycles. The van der Waals surface area contributed by atoms with Crippen molar-refractivity contribution in [2.75, 3.05) is 7.11 Å². The van der Waals surface area contributed by atoms with Crippen molar-refractivity contribution in [2.24, 2.45) is 5.92 Å². The van der Waals surface area contributed by atoms with E-state index in [-0.39, 0.29) is 5.57 Å². The van der Waals surface area contributed by atoms with Crippen molar-refractivity contribution in [3.8, 4) is 12.1 Å². The van der Waals surface area contributed by atoms with Crippen molar-refractivity contribution in [3.63, 3.8) is 0 Å². The molecule has 0 rings (SSSR count). The summed E-state index contributed by atoms with van der Waals surface area (Å²) >= 11 is 0. The van der Waals surface area contributed by atoms with E-state index in [4.69, 9.17) is 15.3 Å². The van der Waals surface area contributed by atoms with Gasteiger partial charge in [0.1, 0.15) is 17.9 Å². The Balaban J connectivity index is 4.65. The molecule has 0 amide bonds. The van der Waals surface area contributed by atoms with E-state index in [1.807, 2.05) is 13.8 Å². The molecule has 0 aliphatic rings. The van der Waals surface area contributed by atoms with Gasteiger partial charge in [-0.15, -0.1) is 0 Å². The van der Waals surface area contributed by atoms with E-state index in [0.29, 0.717) is 18.1 Å². The molecule has 0 N–H and O–H groups in total. The number of methoxy groups -OCH3 is 1. The summed E-state index contributed by atoms with van der Waals surface area (Å²) < 4.78 is 4.94. The average Bonchev–Trinajstić information content (AvgIpc) is 2.04. The van der Waals surface area contributed by atoms with E-state index in [2.05, 4.69) is 0 Å². The van der Waals surface area contributed by atoms with Gasteiger partial charge in [0.05, 0.1) is 7.11 Å². The summed E-state index contributed by atoms with van der Waals surface area (Å²) in [5, 5.41) is 17.1. The lowest BCUT2D eigenvalue weighted by atomic mass is 10.1. The second-order valence-electron chi connectivity index (χ2n) is 2.82. The maximum Gasteiger partial charge on any atom is 0.167 e. The first-order valence-corrected chi connectivity index (χ1v) is 3.73. The van der Waals surface area contributed by atoms with Gasteiger partial charge in [0, 0.05) is 6.42 Å². The van der Waals surface area contributed by atoms with Gasteiger partial charge in [-0.25, -0.2) is 0 Å². The van der Waals surface area contributed by atoms with E-state index >= 15 is 0 Å². The highest BCUT2D eigenvalue weighted by Gasteiger charge is 2.07. The lowest BCUT2D eigenvalue weighted by Crippen LogP contribution is -1.97. The Morgan fingerprint density at radius 1 is 1.33 bits per heavy atom. The van der Waals surface area contributed by atoms with Gasteiger partial charge in [-0.1, -0.05) is 13.8 Å². The minimum atomic E-state index is 0.0752. The number of ether oxygens (including phenoxy) is 1. The number of nitrogens with zero attached hydrogens (tertiary/aromatic N) is 2. The molecular formula is C9H12N2O. The molecule has 0 aromatic carbocycles. The summed E-state index contributed by atoms with van der Waals surface area (Å²) in [5.41, 5.74) is 0.0752. The van der Waals surface area contributed by atoms with Crippen LogP contribution in [0.15, 0.2) is 11.3 Å². The molecule has 0 aliphatic heterocycles. The van der Waals surface area contributed by atoms with E-state index in [0.717, 1.165) is 0 Å². The summed E-state index contributed by atoms with van der Waals surface area (Å²) in [5.74, 6) is 0.867. The normalized spacial score (nSPS) is 8.50. The van der Waals surface area contributed by atoms with Gasteiger partial charge in [0.15, 0.2) is 5.57 Å². The average molecular weight is 164 g/mol. The quantitative estimate of drug-likeness (QED) is 0.473. The Bertz CT molecular complexity index is 237. The third-order valence-corrected chi connectivity index (χ3v) is 1.34. The molecule has 0 aromatic heterocycles. The predicted octanol–water partition coefficient (Wildman–Crippen LogP) is 1.98. The van der Waals surface area contributed by atoms with Crippen molar-refractivity contribution in [1.82, 2.24) is 0 Å². The van der Waals surface area contributed by atoms with E-state index in [9.17, 15) is 0 Å². The van der Waals surface area contributed by atoms with Crippen LogP contribution in [-0.4, -0.2) is 7.11 Å². The summed E-state index contributed by atoms with van der Waals surface area (Å²) in [6.07, 6.45) is 0.632. The molecule has 3 heteroatoms. The van der Waals surface area contributed by atoms with Crippen LogP contribution in [0.25, 0.3) is 0 Å². The van der Waals surface area contributed by atoms with Crippen LogP contribution in [0.4, 0.5) is 0 Å². The molecule has 0 spiro atoms. The molecule has 0 saturated heterocycles. The zero-order chi connectivity index (χ0) is 9.56. The van der Waals surface area contributed by atoms with Crippen molar-refractivity contribution >= 4 is 0 Å². The smallest absolute Gasteiger partial charge is 0.167 e. The Hall–Kier alpha value is -1.48. The number of allylic oxidation sites excluding steroid dienone is 2. The van der Waals surface area contributed by atoms with Gasteiger partial charge >= 0.3 is 0 Å². The highest BCUT2D eigenvalue weighted by Crippen LogP contribution is 2.14. The zero-order valence-electron chi connectivity index (χ0n) is 7.59. The first-order chi connectivity index (χ1) is 5.65. The first kappa shape index (κ1) is 10.5. The minimum absolute atomic E-state index is 0.0752. The van der Waals surface area contributed by atoms with Crippen LogP contribution in [0.2, 0.25) is 0 Å². The summed E-state index contributed by atoms with van der Waals surface area (Å²) in [6, 6.07) is 3.60. The monoisotopic (exact) mass is 164 g/mol. The fourth-order valence-electron chi connectivity index (χ4n) is 0.808. The fourth-order valence-corrected chi connectivity index (χ4v) is 0.808. The Morgan fingerprint density at radius 2 is 1.83 bits per heavy atom. The molecule has 0 unspecified atom stereocenters. The van der Waals surface area contributed by atoms with Gasteiger partial charge in [-0.3, -0.25) is 0 Å². The second-order valence-corrected chi connectivity index (χ2v) is 2.82. The Kier molecular flexibility index (Phi) is 4.57. The summed E-state index contributed by atoms with van der Waals surface area (Å²) in [7, 11) is 1.48. The van der Waals surface area contributed by atoms with Crippen LogP contribution in [-0.2, 0) is 4.74 Å². The predicted molar refractivity (Wildman–Crippen MR) is 44.7 cm³/mol. The number of hydrogen-bond acceptors (Lipinski definition) is 3. The largest absolute Gasteiger partial charge is 0.499 e.